The molecule has 2 atom stereocenters. The van der Waals surface area contributed by atoms with Gasteiger partial charge < -0.3 is 42.0 Å². The molecular weight excluding hydrogens is 655 g/mol. The molecule has 0 aromatic heterocycles. The molecule has 0 N–H and O–H groups in total. The van der Waals surface area contributed by atoms with Crippen LogP contribution in [-0.4, -0.2) is 15.2 Å². The Morgan fingerprint density at radius 3 is 1.55 bits per heavy atom. The van der Waals surface area contributed by atoms with Crippen molar-refractivity contribution in [3.8, 4) is 5.75 Å². The molecule has 0 saturated carbocycles. The molecule has 1 aliphatic carbocycles. The minimum Gasteiger partial charge on any atom is -1.00 e. The Morgan fingerprint density at radius 2 is 1.14 bits per heavy atom. The third-order valence-corrected chi connectivity index (χ3v) is 14.8. The predicted octanol–water partition coefficient (Wildman–Crippen LogP) is -0.753. The fourth-order valence-corrected chi connectivity index (χ4v) is 12.9. The molecule has 0 radical (unpaired) electrons. The number of rotatable bonds is 5. The smallest absolute Gasteiger partial charge is 1.00 e. The van der Waals surface area contributed by atoms with E-state index in [1.807, 2.05) is 0 Å². The molecular formula is C38H49Cl3OSiTi. The van der Waals surface area contributed by atoms with Crippen LogP contribution in [0.1, 0.15) is 91.5 Å². The molecule has 4 rings (SSSR count). The number of methoxy groups -OCH3 is 1. The summed E-state index contributed by atoms with van der Waals surface area (Å²) in [5, 5.41) is 3.94. The summed E-state index contributed by atoms with van der Waals surface area (Å²) in [5.41, 5.74) is 9.48. The van der Waals surface area contributed by atoms with E-state index in [4.69, 9.17) is 4.74 Å². The molecule has 0 amide bonds. The predicted molar refractivity (Wildman–Crippen MR) is 177 cm³/mol. The number of ether oxygens (including phenoxy) is 1. The van der Waals surface area contributed by atoms with E-state index in [1.165, 1.54) is 54.5 Å². The van der Waals surface area contributed by atoms with Crippen LogP contribution in [0, 0.1) is 19.9 Å². The number of allylic oxidation sites excluding steroid dienone is 4. The molecule has 0 aliphatic heterocycles. The van der Waals surface area contributed by atoms with Gasteiger partial charge in [-0.2, -0.15) is 11.1 Å². The summed E-state index contributed by atoms with van der Waals surface area (Å²) < 4.78 is 5.87. The number of aryl methyl sites for hydroxylation is 2. The van der Waals surface area contributed by atoms with Gasteiger partial charge in [-0.1, -0.05) is 127 Å². The molecule has 3 aromatic rings. The monoisotopic (exact) mass is 702 g/mol. The van der Waals surface area contributed by atoms with Crippen molar-refractivity contribution in [1.82, 2.24) is 0 Å². The Morgan fingerprint density at radius 1 is 0.659 bits per heavy atom. The van der Waals surface area contributed by atoms with Crippen LogP contribution >= 0.6 is 0 Å². The third kappa shape index (κ3) is 7.48. The first kappa shape index (κ1) is 42.7. The van der Waals surface area contributed by atoms with Gasteiger partial charge in [-0.05, 0) is 63.5 Å². The second-order valence-corrected chi connectivity index (χ2v) is 18.5. The van der Waals surface area contributed by atoms with Gasteiger partial charge in [-0.25, -0.2) is 5.57 Å². The van der Waals surface area contributed by atoms with Crippen molar-refractivity contribution in [1.29, 1.82) is 0 Å². The summed E-state index contributed by atoms with van der Waals surface area (Å²) in [4.78, 5) is 0. The van der Waals surface area contributed by atoms with Crippen LogP contribution in [0.4, 0.5) is 0 Å². The fourth-order valence-electron chi connectivity index (χ4n) is 6.72. The summed E-state index contributed by atoms with van der Waals surface area (Å²) in [6.07, 6.45) is 4.12. The van der Waals surface area contributed by atoms with E-state index in [2.05, 4.69) is 150 Å². The molecule has 0 bridgehead atoms. The standard InChI is InChI=1S/C38H49OSi.3ClH.Ti/c1-25-17-26(2)19-34(18-25)40(33-16-14-15-32(23-33)39-13,38(12)24-27(3)28(4)29(38)5)35-21-30(36(6,7)8)20-31(22-35)37(9,10)11;;;;/h14-23H,1-13H3;3*1H;/q-1;;;;+4/p-3. The first-order valence-corrected chi connectivity index (χ1v) is 16.6. The maximum Gasteiger partial charge on any atom is 4.00 e. The average Bonchev–Trinajstić information content (AvgIpc) is 3.05. The van der Waals surface area contributed by atoms with Gasteiger partial charge in [-0.15, -0.1) is 6.92 Å². The van der Waals surface area contributed by atoms with Crippen molar-refractivity contribution in [3.05, 3.63) is 106 Å². The Hall–Kier alpha value is -1.26. The maximum absolute atomic E-state index is 5.87. The second-order valence-electron chi connectivity index (χ2n) is 14.3. The zero-order valence-corrected chi connectivity index (χ0v) is 33.6. The van der Waals surface area contributed by atoms with Gasteiger partial charge in [0.15, 0.2) is 0 Å². The molecule has 44 heavy (non-hydrogen) atoms. The Bertz CT molecular complexity index is 1480. The Labute approximate surface area is 302 Å². The minimum atomic E-state index is -2.86. The van der Waals surface area contributed by atoms with Gasteiger partial charge in [0.05, 0.1) is 7.11 Å². The van der Waals surface area contributed by atoms with Crippen molar-refractivity contribution >= 4 is 23.6 Å². The summed E-state index contributed by atoms with van der Waals surface area (Å²) in [5.74, 6) is 0.905. The first-order chi connectivity index (χ1) is 18.4. The van der Waals surface area contributed by atoms with Gasteiger partial charge in [0, 0.05) is 0 Å². The van der Waals surface area contributed by atoms with E-state index in [0.29, 0.717) is 0 Å². The van der Waals surface area contributed by atoms with E-state index in [1.54, 1.807) is 7.11 Å². The van der Waals surface area contributed by atoms with Gasteiger partial charge in [0.1, 0.15) is 13.8 Å². The van der Waals surface area contributed by atoms with Crippen LogP contribution < -0.4 is 57.5 Å². The third-order valence-electron chi connectivity index (χ3n) is 9.32. The number of benzene rings is 3. The van der Waals surface area contributed by atoms with Gasteiger partial charge in [-0.3, -0.25) is 6.08 Å². The van der Waals surface area contributed by atoms with Crippen molar-refractivity contribution in [3.63, 3.8) is 0 Å². The summed E-state index contributed by atoms with van der Waals surface area (Å²) in [6, 6.07) is 23.7. The molecule has 2 unspecified atom stereocenters. The van der Waals surface area contributed by atoms with Crippen LogP contribution in [0.25, 0.3) is 0 Å². The van der Waals surface area contributed by atoms with Gasteiger partial charge in [0.2, 0.25) is 0 Å². The second kappa shape index (κ2) is 15.1. The van der Waals surface area contributed by atoms with E-state index in [-0.39, 0.29) is 74.8 Å². The summed E-state index contributed by atoms with van der Waals surface area (Å²) in [6.45, 7) is 27.9. The zero-order chi connectivity index (χ0) is 29.8. The molecule has 0 saturated heterocycles. The number of hydrogen-bond donors (Lipinski definition) is 0. The van der Waals surface area contributed by atoms with Crippen molar-refractivity contribution in [2.24, 2.45) is 0 Å². The van der Waals surface area contributed by atoms with Crippen LogP contribution in [0.15, 0.2) is 77.4 Å². The molecule has 0 spiro atoms. The van der Waals surface area contributed by atoms with Crippen molar-refractivity contribution in [2.75, 3.05) is 7.11 Å². The van der Waals surface area contributed by atoms with E-state index in [0.717, 1.165) is 5.75 Å². The molecule has 3 aromatic carbocycles. The van der Waals surface area contributed by atoms with Crippen LogP contribution in [-0.2, 0) is 32.5 Å². The largest absolute Gasteiger partial charge is 4.00 e. The molecule has 236 valence electrons. The van der Waals surface area contributed by atoms with Crippen LogP contribution in [0.2, 0.25) is 5.04 Å². The molecule has 6 heteroatoms. The summed E-state index contributed by atoms with van der Waals surface area (Å²) in [7, 11) is -1.08. The molecule has 1 nitrogen and oxygen atoms in total. The summed E-state index contributed by atoms with van der Waals surface area (Å²) >= 11 is 0. The van der Waals surface area contributed by atoms with Crippen LogP contribution in [0.3, 0.4) is 0 Å². The van der Waals surface area contributed by atoms with Crippen molar-refractivity contribution in [2.45, 2.75) is 99.0 Å². The van der Waals surface area contributed by atoms with E-state index < -0.39 is 8.07 Å². The van der Waals surface area contributed by atoms with E-state index >= 15 is 0 Å². The fraction of sp³-hybridized carbons (Fsp3) is 0.421. The van der Waals surface area contributed by atoms with Gasteiger partial charge >= 0.3 is 21.7 Å². The Kier molecular flexibility index (Phi) is 14.7. The SMILES string of the molecule is COc1cccc([Si](c2cc(C)cc(C)c2)(c2cc(C(C)(C)C)cc(C(C)(C)C)c2)C2(C)[C-]=C(C)C(C)=C2C)c1.[Cl-].[Cl-].[Cl-].[Ti+4]. The van der Waals surface area contributed by atoms with Crippen LogP contribution in [0.5, 0.6) is 5.75 Å². The first-order valence-electron chi connectivity index (χ1n) is 14.6. The maximum atomic E-state index is 5.87. The number of halogens is 3. The molecule has 0 fully saturated rings. The zero-order valence-electron chi connectivity index (χ0n) is 28.8. The normalized spacial score (nSPS) is 17.7. The quantitative estimate of drug-likeness (QED) is 0.193. The topological polar surface area (TPSA) is 9.23 Å². The Balaban J connectivity index is 0.00000462. The molecule has 0 heterocycles. The van der Waals surface area contributed by atoms with Gasteiger partial charge in [0.25, 0.3) is 0 Å². The minimum absolute atomic E-state index is 0. The van der Waals surface area contributed by atoms with E-state index in [9.17, 15) is 0 Å². The van der Waals surface area contributed by atoms with Crippen molar-refractivity contribution < 1.29 is 63.7 Å². The average molecular weight is 704 g/mol. The number of hydrogen-bond acceptors (Lipinski definition) is 1. The molecule has 1 aliphatic rings.